The Morgan fingerprint density at radius 2 is 1.45 bits per heavy atom. The fourth-order valence-electron chi connectivity index (χ4n) is 3.97. The van der Waals surface area contributed by atoms with E-state index in [1.807, 2.05) is 100 Å². The van der Waals surface area contributed by atoms with Gasteiger partial charge in [0.15, 0.2) is 0 Å². The Kier molecular flexibility index (Phi) is 10.5. The first-order valence-electron chi connectivity index (χ1n) is 13.2. The van der Waals surface area contributed by atoms with E-state index in [0.717, 1.165) is 28.0 Å². The van der Waals surface area contributed by atoms with E-state index in [-0.39, 0.29) is 17.6 Å². The third-order valence-corrected chi connectivity index (χ3v) is 5.93. The zero-order valence-electron chi connectivity index (χ0n) is 23.2. The molecule has 0 fully saturated rings. The molecular formula is C32H38N2O4. The Bertz CT molecular complexity index is 1300. The minimum atomic E-state index is -0.285. The molecule has 6 nitrogen and oxygen atoms in total. The summed E-state index contributed by atoms with van der Waals surface area (Å²) in [6.07, 6.45) is 0. The Labute approximate surface area is 226 Å². The second-order valence-corrected chi connectivity index (χ2v) is 8.93. The Morgan fingerprint density at radius 1 is 0.895 bits per heavy atom. The molecule has 38 heavy (non-hydrogen) atoms. The highest BCUT2D eigenvalue weighted by Gasteiger charge is 2.24. The normalized spacial score (nSPS) is 10.5. The van der Waals surface area contributed by atoms with Crippen molar-refractivity contribution in [2.24, 2.45) is 0 Å². The molecular weight excluding hydrogens is 476 g/mol. The van der Waals surface area contributed by atoms with Crippen LogP contribution in [0.4, 0.5) is 0 Å². The summed E-state index contributed by atoms with van der Waals surface area (Å²) in [4.78, 5) is 12.5. The van der Waals surface area contributed by atoms with E-state index in [1.54, 1.807) is 0 Å². The van der Waals surface area contributed by atoms with Gasteiger partial charge in [-0.15, -0.1) is 0 Å². The molecule has 0 spiro atoms. The van der Waals surface area contributed by atoms with Gasteiger partial charge < -0.3 is 19.3 Å². The average molecular weight is 515 g/mol. The first-order valence-corrected chi connectivity index (χ1v) is 13.2. The molecule has 0 radical (unpaired) electrons. The lowest BCUT2D eigenvalue weighted by Gasteiger charge is -2.19. The van der Waals surface area contributed by atoms with Crippen LogP contribution in [0, 0.1) is 6.92 Å². The summed E-state index contributed by atoms with van der Waals surface area (Å²) in [6.45, 7) is 13.3. The number of carbonyl (C=O) groups is 1. The lowest BCUT2D eigenvalue weighted by molar-refractivity contribution is 0.0918. The molecule has 0 unspecified atom stereocenters. The standard InChI is InChI=1S/C30H32N2O4.C2H6/c1-5-31-30(33)29-21(4)28(32-36-29)25-16-24(20(2)3)26(34-18-22-12-8-6-9-13-22)17-27(25)35-19-23-14-10-7-11-15-23;1-2/h6-17,20H,5,18-19H2,1-4H3,(H,31,33);1-2H3. The van der Waals surface area contributed by atoms with Gasteiger partial charge in [-0.3, -0.25) is 4.79 Å². The average Bonchev–Trinajstić information content (AvgIpc) is 3.33. The van der Waals surface area contributed by atoms with Crippen molar-refractivity contribution in [3.8, 4) is 22.8 Å². The predicted octanol–water partition coefficient (Wildman–Crippen LogP) is 7.71. The number of aromatic nitrogens is 1. The summed E-state index contributed by atoms with van der Waals surface area (Å²) in [5.41, 5.74) is 5.16. The first kappa shape index (κ1) is 28.5. The van der Waals surface area contributed by atoms with E-state index < -0.39 is 0 Å². The predicted molar refractivity (Wildman–Crippen MR) is 152 cm³/mol. The van der Waals surface area contributed by atoms with Crippen molar-refractivity contribution in [2.75, 3.05) is 6.54 Å². The summed E-state index contributed by atoms with van der Waals surface area (Å²) >= 11 is 0. The maximum absolute atomic E-state index is 12.5. The number of rotatable bonds is 10. The molecule has 0 atom stereocenters. The topological polar surface area (TPSA) is 73.6 Å². The molecule has 0 aliphatic carbocycles. The van der Waals surface area contributed by atoms with Crippen molar-refractivity contribution in [3.05, 3.63) is 101 Å². The maximum atomic E-state index is 12.5. The largest absolute Gasteiger partial charge is 0.488 e. The molecule has 1 amide bonds. The van der Waals surface area contributed by atoms with Gasteiger partial charge in [0, 0.05) is 23.7 Å². The van der Waals surface area contributed by atoms with Crippen LogP contribution in [0.5, 0.6) is 11.5 Å². The number of hydrogen-bond donors (Lipinski definition) is 1. The number of nitrogens with one attached hydrogen (secondary N) is 1. The molecule has 200 valence electrons. The van der Waals surface area contributed by atoms with Crippen LogP contribution in [0.15, 0.2) is 77.3 Å². The van der Waals surface area contributed by atoms with Crippen LogP contribution < -0.4 is 14.8 Å². The second kappa shape index (κ2) is 14.0. The van der Waals surface area contributed by atoms with E-state index in [4.69, 9.17) is 14.0 Å². The molecule has 1 aromatic heterocycles. The summed E-state index contributed by atoms with van der Waals surface area (Å²) in [5.74, 6) is 1.48. The van der Waals surface area contributed by atoms with Crippen LogP contribution >= 0.6 is 0 Å². The van der Waals surface area contributed by atoms with Crippen molar-refractivity contribution in [1.82, 2.24) is 10.5 Å². The van der Waals surface area contributed by atoms with Crippen molar-refractivity contribution >= 4 is 5.91 Å². The Morgan fingerprint density at radius 3 is 1.97 bits per heavy atom. The minimum Gasteiger partial charge on any atom is -0.488 e. The van der Waals surface area contributed by atoms with Gasteiger partial charge in [0.25, 0.3) is 5.91 Å². The van der Waals surface area contributed by atoms with Crippen LogP contribution in [0.2, 0.25) is 0 Å². The van der Waals surface area contributed by atoms with E-state index in [1.165, 1.54) is 0 Å². The van der Waals surface area contributed by atoms with Crippen LogP contribution in [0.3, 0.4) is 0 Å². The molecule has 0 saturated carbocycles. The lowest BCUT2D eigenvalue weighted by atomic mass is 9.96. The lowest BCUT2D eigenvalue weighted by Crippen LogP contribution is -2.22. The van der Waals surface area contributed by atoms with Crippen LogP contribution in [0.25, 0.3) is 11.3 Å². The summed E-state index contributed by atoms with van der Waals surface area (Å²) in [6, 6.07) is 24.0. The van der Waals surface area contributed by atoms with Gasteiger partial charge in [-0.1, -0.05) is 93.5 Å². The van der Waals surface area contributed by atoms with Gasteiger partial charge in [-0.25, -0.2) is 0 Å². The summed E-state index contributed by atoms with van der Waals surface area (Å²) < 4.78 is 18.1. The number of nitrogens with zero attached hydrogens (tertiary/aromatic N) is 1. The smallest absolute Gasteiger partial charge is 0.290 e. The van der Waals surface area contributed by atoms with E-state index in [2.05, 4.69) is 24.3 Å². The Balaban J connectivity index is 0.00000195. The molecule has 1 N–H and O–H groups in total. The molecule has 3 aromatic carbocycles. The van der Waals surface area contributed by atoms with E-state index in [0.29, 0.717) is 36.8 Å². The maximum Gasteiger partial charge on any atom is 0.290 e. The van der Waals surface area contributed by atoms with Crippen LogP contribution in [-0.2, 0) is 13.2 Å². The highest BCUT2D eigenvalue weighted by atomic mass is 16.5. The van der Waals surface area contributed by atoms with Crippen LogP contribution in [-0.4, -0.2) is 17.6 Å². The van der Waals surface area contributed by atoms with Gasteiger partial charge in [-0.05, 0) is 42.5 Å². The van der Waals surface area contributed by atoms with Crippen molar-refractivity contribution in [2.45, 2.75) is 60.7 Å². The van der Waals surface area contributed by atoms with Gasteiger partial charge in [-0.2, -0.15) is 0 Å². The van der Waals surface area contributed by atoms with E-state index in [9.17, 15) is 4.79 Å². The summed E-state index contributed by atoms with van der Waals surface area (Å²) in [5, 5.41) is 7.05. The van der Waals surface area contributed by atoms with Crippen LogP contribution in [0.1, 0.15) is 73.3 Å². The molecule has 0 bridgehead atoms. The number of ether oxygens (including phenoxy) is 2. The number of hydrogen-bond acceptors (Lipinski definition) is 5. The van der Waals surface area contributed by atoms with Gasteiger partial charge in [0.05, 0.1) is 0 Å². The molecule has 4 rings (SSSR count). The minimum absolute atomic E-state index is 0.188. The Hall–Kier alpha value is -4.06. The monoisotopic (exact) mass is 514 g/mol. The molecule has 1 heterocycles. The first-order chi connectivity index (χ1) is 18.5. The molecule has 0 aliphatic heterocycles. The molecule has 0 saturated heterocycles. The van der Waals surface area contributed by atoms with Crippen molar-refractivity contribution in [1.29, 1.82) is 0 Å². The van der Waals surface area contributed by atoms with Gasteiger partial charge in [0.2, 0.25) is 5.76 Å². The highest BCUT2D eigenvalue weighted by molar-refractivity contribution is 5.94. The summed E-state index contributed by atoms with van der Waals surface area (Å²) in [7, 11) is 0. The zero-order valence-corrected chi connectivity index (χ0v) is 23.2. The third kappa shape index (κ3) is 7.03. The number of benzene rings is 3. The van der Waals surface area contributed by atoms with Crippen molar-refractivity contribution < 1.29 is 18.8 Å². The fourth-order valence-corrected chi connectivity index (χ4v) is 3.97. The zero-order chi connectivity index (χ0) is 27.5. The van der Waals surface area contributed by atoms with Gasteiger partial charge in [0.1, 0.15) is 30.4 Å². The number of carbonyl (C=O) groups excluding carboxylic acids is 1. The van der Waals surface area contributed by atoms with Gasteiger partial charge >= 0.3 is 0 Å². The molecule has 6 heteroatoms. The molecule has 4 aromatic rings. The van der Waals surface area contributed by atoms with E-state index >= 15 is 0 Å². The second-order valence-electron chi connectivity index (χ2n) is 8.93. The quantitative estimate of drug-likeness (QED) is 0.235. The fraction of sp³-hybridized carbons (Fsp3) is 0.312. The molecule has 0 aliphatic rings. The number of amides is 1. The highest BCUT2D eigenvalue weighted by Crippen LogP contribution is 2.41. The van der Waals surface area contributed by atoms with Crippen molar-refractivity contribution in [3.63, 3.8) is 0 Å². The SMILES string of the molecule is CC.CCNC(=O)c1onc(-c2cc(C(C)C)c(OCc3ccccc3)cc2OCc2ccccc2)c1C. The third-order valence-electron chi connectivity index (χ3n) is 5.93.